The maximum Gasteiger partial charge on any atom is 0.416 e. The van der Waals surface area contributed by atoms with Crippen molar-refractivity contribution in [1.29, 1.82) is 0 Å². The molecule has 0 saturated carbocycles. The minimum atomic E-state index is -5.13. The van der Waals surface area contributed by atoms with Crippen molar-refractivity contribution in [3.8, 4) is 0 Å². The SMILES string of the molecule is Fc1cc(C(F)(F)F)cc(C(F)(F)F)c1[C@H](c1ccsc1)N1CCNCC1. The lowest BCUT2D eigenvalue weighted by atomic mass is 9.91. The Hall–Kier alpha value is -1.65. The van der Waals surface area contributed by atoms with Crippen LogP contribution in [0.25, 0.3) is 0 Å². The fourth-order valence-electron chi connectivity index (χ4n) is 3.22. The summed E-state index contributed by atoms with van der Waals surface area (Å²) in [5, 5.41) is 6.28. The molecular formula is C17H15F7N2S. The standard InChI is InChI=1S/C17H15F7N2S/c18-13-8-11(16(19,20)21)7-12(17(22,23)24)14(13)15(10-1-6-27-9-10)26-4-2-25-3-5-26/h1,6-9,15,25H,2-5H2/t15-/m0/s1. The maximum absolute atomic E-state index is 14.7. The van der Waals surface area contributed by atoms with Gasteiger partial charge >= 0.3 is 12.4 Å². The zero-order valence-corrected chi connectivity index (χ0v) is 14.6. The summed E-state index contributed by atoms with van der Waals surface area (Å²) in [6.07, 6.45) is -10.2. The van der Waals surface area contributed by atoms with E-state index in [1.165, 1.54) is 11.3 Å². The first kappa shape index (κ1) is 20.1. The van der Waals surface area contributed by atoms with Crippen LogP contribution in [0.15, 0.2) is 29.0 Å². The minimum Gasteiger partial charge on any atom is -0.314 e. The predicted octanol–water partition coefficient (Wildman–Crippen LogP) is 4.92. The van der Waals surface area contributed by atoms with E-state index in [-0.39, 0.29) is 12.1 Å². The van der Waals surface area contributed by atoms with Gasteiger partial charge in [-0.15, -0.1) is 0 Å². The molecule has 0 radical (unpaired) electrons. The molecule has 1 aliphatic rings. The van der Waals surface area contributed by atoms with Crippen molar-refractivity contribution in [2.75, 3.05) is 26.2 Å². The average molecular weight is 412 g/mol. The maximum atomic E-state index is 14.7. The second-order valence-electron chi connectivity index (χ2n) is 6.16. The number of alkyl halides is 6. The van der Waals surface area contributed by atoms with Crippen LogP contribution in [0.1, 0.15) is 28.3 Å². The number of nitrogens with one attached hydrogen (secondary N) is 1. The van der Waals surface area contributed by atoms with Crippen LogP contribution in [0.4, 0.5) is 30.7 Å². The fraction of sp³-hybridized carbons (Fsp3) is 0.412. The summed E-state index contributed by atoms with van der Waals surface area (Å²) in [6, 6.07) is 0.595. The zero-order valence-electron chi connectivity index (χ0n) is 13.8. The lowest BCUT2D eigenvalue weighted by Crippen LogP contribution is -2.46. The van der Waals surface area contributed by atoms with Gasteiger partial charge in [-0.05, 0) is 34.5 Å². The van der Waals surface area contributed by atoms with Gasteiger partial charge in [0.2, 0.25) is 0 Å². The van der Waals surface area contributed by atoms with Gasteiger partial charge in [-0.25, -0.2) is 4.39 Å². The van der Waals surface area contributed by atoms with E-state index >= 15 is 0 Å². The molecule has 0 bridgehead atoms. The largest absolute Gasteiger partial charge is 0.416 e. The van der Waals surface area contributed by atoms with Gasteiger partial charge in [-0.2, -0.15) is 37.7 Å². The molecule has 2 heterocycles. The molecule has 0 aliphatic carbocycles. The first-order chi connectivity index (χ1) is 12.6. The smallest absolute Gasteiger partial charge is 0.314 e. The Labute approximate surface area is 154 Å². The number of hydrogen-bond acceptors (Lipinski definition) is 3. The summed E-state index contributed by atoms with van der Waals surface area (Å²) in [4.78, 5) is 1.65. The normalized spacial score (nSPS) is 17.9. The first-order valence-electron chi connectivity index (χ1n) is 8.03. The van der Waals surface area contributed by atoms with Crippen LogP contribution >= 0.6 is 11.3 Å². The highest BCUT2D eigenvalue weighted by Crippen LogP contribution is 2.43. The second kappa shape index (κ2) is 7.40. The number of halogens is 7. The van der Waals surface area contributed by atoms with Crippen molar-refractivity contribution in [2.45, 2.75) is 18.4 Å². The molecule has 10 heteroatoms. The molecule has 0 unspecified atom stereocenters. The van der Waals surface area contributed by atoms with Crippen LogP contribution < -0.4 is 5.32 Å². The van der Waals surface area contributed by atoms with Crippen molar-refractivity contribution < 1.29 is 30.7 Å². The van der Waals surface area contributed by atoms with Crippen molar-refractivity contribution in [3.63, 3.8) is 0 Å². The van der Waals surface area contributed by atoms with E-state index in [0.717, 1.165) is 0 Å². The van der Waals surface area contributed by atoms with Crippen LogP contribution in [0, 0.1) is 5.82 Å². The number of nitrogens with zero attached hydrogens (tertiary/aromatic N) is 1. The zero-order chi connectivity index (χ0) is 19.8. The van der Waals surface area contributed by atoms with Crippen molar-refractivity contribution in [1.82, 2.24) is 10.2 Å². The Morgan fingerprint density at radius 3 is 2.19 bits per heavy atom. The molecule has 0 amide bonds. The molecule has 1 aliphatic heterocycles. The third-order valence-electron chi connectivity index (χ3n) is 4.41. The van der Waals surface area contributed by atoms with E-state index in [9.17, 15) is 30.7 Å². The fourth-order valence-corrected chi connectivity index (χ4v) is 3.90. The van der Waals surface area contributed by atoms with Crippen LogP contribution in [0.5, 0.6) is 0 Å². The highest BCUT2D eigenvalue weighted by molar-refractivity contribution is 7.08. The quantitative estimate of drug-likeness (QED) is 0.720. The third-order valence-corrected chi connectivity index (χ3v) is 5.11. The lowest BCUT2D eigenvalue weighted by Gasteiger charge is -2.36. The van der Waals surface area contributed by atoms with E-state index in [1.807, 2.05) is 0 Å². The molecule has 1 saturated heterocycles. The van der Waals surface area contributed by atoms with Gasteiger partial charge < -0.3 is 5.32 Å². The summed E-state index contributed by atoms with van der Waals surface area (Å²) in [6.45, 7) is 1.67. The van der Waals surface area contributed by atoms with E-state index in [1.54, 1.807) is 21.7 Å². The Kier molecular flexibility index (Phi) is 5.51. The van der Waals surface area contributed by atoms with Crippen molar-refractivity contribution in [2.24, 2.45) is 0 Å². The molecule has 2 aromatic rings. The van der Waals surface area contributed by atoms with Gasteiger partial charge in [0.15, 0.2) is 0 Å². The summed E-state index contributed by atoms with van der Waals surface area (Å²) in [5.41, 5.74) is -3.59. The van der Waals surface area contributed by atoms with E-state index < -0.39 is 40.9 Å². The third kappa shape index (κ3) is 4.27. The van der Waals surface area contributed by atoms with Gasteiger partial charge in [0.1, 0.15) is 5.82 Å². The Morgan fingerprint density at radius 1 is 1.00 bits per heavy atom. The van der Waals surface area contributed by atoms with Crippen molar-refractivity contribution >= 4 is 11.3 Å². The molecule has 1 aromatic heterocycles. The van der Waals surface area contributed by atoms with E-state index in [2.05, 4.69) is 5.32 Å². The molecule has 27 heavy (non-hydrogen) atoms. The molecule has 148 valence electrons. The minimum absolute atomic E-state index is 0.0000215. The molecule has 3 rings (SSSR count). The Morgan fingerprint density at radius 2 is 1.67 bits per heavy atom. The predicted molar refractivity (Wildman–Crippen MR) is 87.0 cm³/mol. The molecule has 1 N–H and O–H groups in total. The Bertz CT molecular complexity index is 778. The molecule has 1 atom stereocenters. The summed E-state index contributed by atoms with van der Waals surface area (Å²) >= 11 is 1.23. The molecule has 1 aromatic carbocycles. The second-order valence-corrected chi connectivity index (χ2v) is 6.94. The van der Waals surface area contributed by atoms with Crippen LogP contribution in [-0.4, -0.2) is 31.1 Å². The van der Waals surface area contributed by atoms with E-state index in [0.29, 0.717) is 31.7 Å². The number of hydrogen-bond donors (Lipinski definition) is 1. The molecule has 2 nitrogen and oxygen atoms in total. The van der Waals surface area contributed by atoms with Crippen LogP contribution in [0.2, 0.25) is 0 Å². The van der Waals surface area contributed by atoms with Gasteiger partial charge in [-0.3, -0.25) is 4.90 Å². The lowest BCUT2D eigenvalue weighted by molar-refractivity contribution is -0.144. The van der Waals surface area contributed by atoms with E-state index in [4.69, 9.17) is 0 Å². The molecule has 0 spiro atoms. The van der Waals surface area contributed by atoms with Crippen molar-refractivity contribution in [3.05, 3.63) is 57.0 Å². The summed E-state index contributed by atoms with van der Waals surface area (Å²) in [7, 11) is 0. The summed E-state index contributed by atoms with van der Waals surface area (Å²) < 4.78 is 94.4. The van der Waals surface area contributed by atoms with Gasteiger partial charge in [0.25, 0.3) is 0 Å². The monoisotopic (exact) mass is 412 g/mol. The van der Waals surface area contributed by atoms with Crippen LogP contribution in [-0.2, 0) is 12.4 Å². The average Bonchev–Trinajstić information content (AvgIpc) is 3.09. The molecule has 1 fully saturated rings. The highest BCUT2D eigenvalue weighted by atomic mass is 32.1. The number of thiophene rings is 1. The summed E-state index contributed by atoms with van der Waals surface area (Å²) in [5.74, 6) is -1.51. The van der Waals surface area contributed by atoms with Gasteiger partial charge in [0, 0.05) is 31.7 Å². The topological polar surface area (TPSA) is 15.3 Å². The van der Waals surface area contributed by atoms with Crippen LogP contribution in [0.3, 0.4) is 0 Å². The van der Waals surface area contributed by atoms with Gasteiger partial charge in [0.05, 0.1) is 17.2 Å². The first-order valence-corrected chi connectivity index (χ1v) is 8.98. The number of rotatable bonds is 3. The Balaban J connectivity index is 2.22. The highest BCUT2D eigenvalue weighted by Gasteiger charge is 2.42. The van der Waals surface area contributed by atoms with Gasteiger partial charge in [-0.1, -0.05) is 0 Å². The number of benzene rings is 1. The number of piperazine rings is 1. The molecular weight excluding hydrogens is 397 g/mol.